The van der Waals surface area contributed by atoms with Crippen LogP contribution >= 0.6 is 15.9 Å². The molecule has 0 aliphatic carbocycles. The van der Waals surface area contributed by atoms with Gasteiger partial charge in [0.15, 0.2) is 5.82 Å². The molecule has 1 heterocycles. The summed E-state index contributed by atoms with van der Waals surface area (Å²) < 4.78 is 1.04. The van der Waals surface area contributed by atoms with Gasteiger partial charge in [0.2, 0.25) is 0 Å². The highest BCUT2D eigenvalue weighted by atomic mass is 79.9. The molecule has 106 valence electrons. The van der Waals surface area contributed by atoms with E-state index in [9.17, 15) is 0 Å². The Morgan fingerprint density at radius 3 is 2.60 bits per heavy atom. The van der Waals surface area contributed by atoms with Crippen molar-refractivity contribution in [2.45, 2.75) is 33.6 Å². The highest BCUT2D eigenvalue weighted by Gasteiger charge is 2.15. The third kappa shape index (κ3) is 3.18. The lowest BCUT2D eigenvalue weighted by atomic mass is 10.0. The quantitative estimate of drug-likeness (QED) is 0.875. The van der Waals surface area contributed by atoms with Crippen LogP contribution in [0.2, 0.25) is 0 Å². The first-order valence-electron chi connectivity index (χ1n) is 6.91. The molecule has 2 aromatic rings. The van der Waals surface area contributed by atoms with Gasteiger partial charge in [-0.15, -0.1) is 0 Å². The van der Waals surface area contributed by atoms with E-state index in [1.165, 1.54) is 5.56 Å². The Hall–Kier alpha value is -1.42. The number of anilines is 1. The topological polar surface area (TPSA) is 37.8 Å². The second-order valence-corrected chi connectivity index (χ2v) is 6.01. The largest absolute Gasteiger partial charge is 0.370 e. The molecule has 4 heteroatoms. The molecule has 1 N–H and O–H groups in total. The summed E-state index contributed by atoms with van der Waals surface area (Å²) in [6.45, 7) is 9.34. The van der Waals surface area contributed by atoms with Crippen LogP contribution < -0.4 is 5.32 Å². The minimum absolute atomic E-state index is 0.403. The first-order valence-corrected chi connectivity index (χ1v) is 7.70. The van der Waals surface area contributed by atoms with Crippen LogP contribution in [0.5, 0.6) is 0 Å². The van der Waals surface area contributed by atoms with Gasteiger partial charge in [-0.25, -0.2) is 9.97 Å². The number of aryl methyl sites for hydroxylation is 1. The Balaban J connectivity index is 2.56. The number of nitrogens with zero attached hydrogens (tertiary/aromatic N) is 2. The van der Waals surface area contributed by atoms with Crippen LogP contribution in [0.3, 0.4) is 0 Å². The molecule has 20 heavy (non-hydrogen) atoms. The van der Waals surface area contributed by atoms with Crippen molar-refractivity contribution in [3.63, 3.8) is 0 Å². The van der Waals surface area contributed by atoms with E-state index in [0.717, 1.165) is 33.9 Å². The standard InChI is InChI=1S/C16H20BrN3/c1-5-18-16-14(10(2)3)11(4)19-15(20-16)12-7-6-8-13(17)9-12/h6-10H,5H2,1-4H3,(H,18,19,20). The molecule has 0 amide bonds. The maximum Gasteiger partial charge on any atom is 0.161 e. The summed E-state index contributed by atoms with van der Waals surface area (Å²) in [6, 6.07) is 8.08. The zero-order valence-electron chi connectivity index (χ0n) is 12.4. The van der Waals surface area contributed by atoms with Gasteiger partial charge < -0.3 is 5.32 Å². The molecule has 0 saturated carbocycles. The summed E-state index contributed by atoms with van der Waals surface area (Å²) in [5, 5.41) is 3.36. The molecular formula is C16H20BrN3. The normalized spacial score (nSPS) is 10.9. The Labute approximate surface area is 129 Å². The average Bonchev–Trinajstić information content (AvgIpc) is 2.38. The molecule has 0 atom stereocenters. The van der Waals surface area contributed by atoms with Crippen LogP contribution in [0.4, 0.5) is 5.82 Å². The van der Waals surface area contributed by atoms with Crippen molar-refractivity contribution in [1.29, 1.82) is 0 Å². The molecule has 0 spiro atoms. The second kappa shape index (κ2) is 6.35. The second-order valence-electron chi connectivity index (χ2n) is 5.09. The maximum atomic E-state index is 4.71. The maximum absolute atomic E-state index is 4.71. The highest BCUT2D eigenvalue weighted by molar-refractivity contribution is 9.10. The third-order valence-corrected chi connectivity index (χ3v) is 3.63. The summed E-state index contributed by atoms with van der Waals surface area (Å²) in [6.07, 6.45) is 0. The van der Waals surface area contributed by atoms with Crippen LogP contribution in [0.25, 0.3) is 11.4 Å². The van der Waals surface area contributed by atoms with Crippen LogP contribution in [-0.4, -0.2) is 16.5 Å². The minimum atomic E-state index is 0.403. The predicted octanol–water partition coefficient (Wildman–Crippen LogP) is 4.77. The summed E-state index contributed by atoms with van der Waals surface area (Å²) in [7, 11) is 0. The van der Waals surface area contributed by atoms with Crippen molar-refractivity contribution in [1.82, 2.24) is 9.97 Å². The lowest BCUT2D eigenvalue weighted by molar-refractivity contribution is 0.831. The number of nitrogens with one attached hydrogen (secondary N) is 1. The fourth-order valence-electron chi connectivity index (χ4n) is 2.33. The molecule has 2 rings (SSSR count). The van der Waals surface area contributed by atoms with Crippen molar-refractivity contribution in [2.24, 2.45) is 0 Å². The van der Waals surface area contributed by atoms with E-state index in [4.69, 9.17) is 4.98 Å². The van der Waals surface area contributed by atoms with Gasteiger partial charge in [0.25, 0.3) is 0 Å². The molecule has 1 aromatic heterocycles. The van der Waals surface area contributed by atoms with Gasteiger partial charge in [-0.2, -0.15) is 0 Å². The molecule has 0 radical (unpaired) electrons. The number of hydrogen-bond donors (Lipinski definition) is 1. The third-order valence-electron chi connectivity index (χ3n) is 3.14. The van der Waals surface area contributed by atoms with E-state index in [-0.39, 0.29) is 0 Å². The molecule has 0 aliphatic heterocycles. The summed E-state index contributed by atoms with van der Waals surface area (Å²) in [5.41, 5.74) is 3.27. The van der Waals surface area contributed by atoms with E-state index in [1.54, 1.807) is 0 Å². The van der Waals surface area contributed by atoms with Gasteiger partial charge in [0, 0.05) is 27.8 Å². The van der Waals surface area contributed by atoms with E-state index in [1.807, 2.05) is 24.3 Å². The summed E-state index contributed by atoms with van der Waals surface area (Å²) >= 11 is 3.49. The van der Waals surface area contributed by atoms with Gasteiger partial charge in [-0.1, -0.05) is 41.9 Å². The van der Waals surface area contributed by atoms with Crippen molar-refractivity contribution >= 4 is 21.7 Å². The Morgan fingerprint density at radius 2 is 2.00 bits per heavy atom. The fourth-order valence-corrected chi connectivity index (χ4v) is 2.73. The van der Waals surface area contributed by atoms with E-state index in [0.29, 0.717) is 5.92 Å². The van der Waals surface area contributed by atoms with Gasteiger partial charge in [-0.05, 0) is 31.9 Å². The van der Waals surface area contributed by atoms with Crippen molar-refractivity contribution in [2.75, 3.05) is 11.9 Å². The van der Waals surface area contributed by atoms with Crippen molar-refractivity contribution in [3.05, 3.63) is 40.0 Å². The lowest BCUT2D eigenvalue weighted by Gasteiger charge is -2.16. The number of hydrogen-bond acceptors (Lipinski definition) is 3. The Bertz CT molecular complexity index is 609. The van der Waals surface area contributed by atoms with Crippen molar-refractivity contribution in [3.8, 4) is 11.4 Å². The zero-order chi connectivity index (χ0) is 14.7. The monoisotopic (exact) mass is 333 g/mol. The van der Waals surface area contributed by atoms with Gasteiger partial charge in [0.1, 0.15) is 5.82 Å². The predicted molar refractivity (Wildman–Crippen MR) is 88.2 cm³/mol. The number of aromatic nitrogens is 2. The average molecular weight is 334 g/mol. The van der Waals surface area contributed by atoms with Crippen LogP contribution in [0.1, 0.15) is 37.9 Å². The summed E-state index contributed by atoms with van der Waals surface area (Å²) in [4.78, 5) is 9.39. The van der Waals surface area contributed by atoms with Crippen LogP contribution in [-0.2, 0) is 0 Å². The minimum Gasteiger partial charge on any atom is -0.370 e. The molecule has 3 nitrogen and oxygen atoms in total. The fraction of sp³-hybridized carbons (Fsp3) is 0.375. The van der Waals surface area contributed by atoms with Crippen LogP contribution in [0, 0.1) is 6.92 Å². The van der Waals surface area contributed by atoms with Gasteiger partial charge in [0.05, 0.1) is 0 Å². The molecule has 0 saturated heterocycles. The molecule has 0 fully saturated rings. The number of benzene rings is 1. The first-order chi connectivity index (χ1) is 9.52. The smallest absolute Gasteiger partial charge is 0.161 e. The number of halogens is 1. The molecule has 0 bridgehead atoms. The van der Waals surface area contributed by atoms with Gasteiger partial charge in [-0.3, -0.25) is 0 Å². The SMILES string of the molecule is CCNc1nc(-c2cccc(Br)c2)nc(C)c1C(C)C. The Morgan fingerprint density at radius 1 is 1.25 bits per heavy atom. The van der Waals surface area contributed by atoms with E-state index < -0.39 is 0 Å². The Kier molecular flexibility index (Phi) is 4.76. The van der Waals surface area contributed by atoms with E-state index >= 15 is 0 Å². The molecular weight excluding hydrogens is 314 g/mol. The number of rotatable bonds is 4. The molecule has 0 aliphatic rings. The lowest BCUT2D eigenvalue weighted by Crippen LogP contribution is -2.09. The summed E-state index contributed by atoms with van der Waals surface area (Å²) in [5.74, 6) is 2.12. The zero-order valence-corrected chi connectivity index (χ0v) is 14.0. The molecule has 0 unspecified atom stereocenters. The highest BCUT2D eigenvalue weighted by Crippen LogP contribution is 2.28. The van der Waals surface area contributed by atoms with Crippen LogP contribution in [0.15, 0.2) is 28.7 Å². The van der Waals surface area contributed by atoms with E-state index in [2.05, 4.69) is 53.9 Å². The molecule has 1 aromatic carbocycles. The van der Waals surface area contributed by atoms with Crippen molar-refractivity contribution < 1.29 is 0 Å². The van der Waals surface area contributed by atoms with Gasteiger partial charge >= 0.3 is 0 Å². The first kappa shape index (κ1) is 15.0.